The quantitative estimate of drug-likeness (QED) is 0.907. The van der Waals surface area contributed by atoms with E-state index in [1.165, 1.54) is 5.56 Å². The number of carbonyl (C=O) groups is 1. The maximum absolute atomic E-state index is 12.5. The van der Waals surface area contributed by atoms with Crippen molar-refractivity contribution in [3.63, 3.8) is 0 Å². The largest absolute Gasteiger partial charge is 0.337 e. The van der Waals surface area contributed by atoms with Gasteiger partial charge in [-0.15, -0.1) is 0 Å². The van der Waals surface area contributed by atoms with E-state index >= 15 is 0 Å². The number of hydrogen-bond acceptors (Lipinski definition) is 3. The average Bonchev–Trinajstić information content (AvgIpc) is 2.81. The van der Waals surface area contributed by atoms with Crippen molar-refractivity contribution < 1.29 is 4.79 Å². The number of rotatable bonds is 5. The van der Waals surface area contributed by atoms with Gasteiger partial charge in [0.05, 0.1) is 0 Å². The van der Waals surface area contributed by atoms with Gasteiger partial charge in [-0.05, 0) is 51.1 Å². The Hall–Kier alpha value is -1.39. The molecule has 0 aromatic heterocycles. The van der Waals surface area contributed by atoms with Crippen LogP contribution in [0.25, 0.3) is 0 Å². The van der Waals surface area contributed by atoms with Crippen LogP contribution in [-0.4, -0.2) is 54.5 Å². The van der Waals surface area contributed by atoms with Crippen molar-refractivity contribution in [2.24, 2.45) is 0 Å². The zero-order valence-electron chi connectivity index (χ0n) is 14.1. The lowest BCUT2D eigenvalue weighted by Crippen LogP contribution is -2.34. The predicted molar refractivity (Wildman–Crippen MR) is 91.1 cm³/mol. The molecule has 2 rings (SSSR count). The Morgan fingerprint density at radius 2 is 1.95 bits per heavy atom. The van der Waals surface area contributed by atoms with Crippen LogP contribution in [0.2, 0.25) is 0 Å². The molecule has 0 radical (unpaired) electrons. The summed E-state index contributed by atoms with van der Waals surface area (Å²) in [5.41, 5.74) is 2.07. The predicted octanol–water partition coefficient (Wildman–Crippen LogP) is 2.35. The van der Waals surface area contributed by atoms with Gasteiger partial charge in [-0.25, -0.2) is 0 Å². The van der Waals surface area contributed by atoms with E-state index in [4.69, 9.17) is 0 Å². The topological polar surface area (TPSA) is 35.6 Å². The molecule has 1 heterocycles. The molecule has 1 N–H and O–H groups in total. The Morgan fingerprint density at radius 3 is 2.59 bits per heavy atom. The monoisotopic (exact) mass is 303 g/mol. The van der Waals surface area contributed by atoms with E-state index in [0.29, 0.717) is 6.04 Å². The second-order valence-corrected chi connectivity index (χ2v) is 6.25. The SMILES string of the molecule is CCN(Cc1ccc(C(=O)N2CCCNCC2)cc1)C(C)C. The van der Waals surface area contributed by atoms with E-state index in [-0.39, 0.29) is 5.91 Å². The van der Waals surface area contributed by atoms with Gasteiger partial charge in [-0.3, -0.25) is 9.69 Å². The summed E-state index contributed by atoms with van der Waals surface area (Å²) in [6.45, 7) is 12.2. The molecule has 1 saturated heterocycles. The summed E-state index contributed by atoms with van der Waals surface area (Å²) in [6, 6.07) is 8.67. The second kappa shape index (κ2) is 8.30. The molecule has 1 aromatic carbocycles. The molecule has 0 unspecified atom stereocenters. The highest BCUT2D eigenvalue weighted by molar-refractivity contribution is 5.94. The molecule has 1 aromatic rings. The smallest absolute Gasteiger partial charge is 0.253 e. The van der Waals surface area contributed by atoms with Crippen molar-refractivity contribution in [1.82, 2.24) is 15.1 Å². The highest BCUT2D eigenvalue weighted by atomic mass is 16.2. The Labute approximate surface area is 134 Å². The molecule has 122 valence electrons. The van der Waals surface area contributed by atoms with Crippen LogP contribution in [0, 0.1) is 0 Å². The van der Waals surface area contributed by atoms with E-state index in [1.807, 2.05) is 17.0 Å². The Bertz CT molecular complexity index is 462. The third-order valence-electron chi connectivity index (χ3n) is 4.35. The van der Waals surface area contributed by atoms with Gasteiger partial charge in [-0.1, -0.05) is 19.1 Å². The van der Waals surface area contributed by atoms with Crippen LogP contribution in [0.3, 0.4) is 0 Å². The minimum Gasteiger partial charge on any atom is -0.337 e. The fraction of sp³-hybridized carbons (Fsp3) is 0.611. The first-order chi connectivity index (χ1) is 10.6. The van der Waals surface area contributed by atoms with Gasteiger partial charge in [0, 0.05) is 37.8 Å². The summed E-state index contributed by atoms with van der Waals surface area (Å²) in [5, 5.41) is 3.33. The number of carbonyl (C=O) groups excluding carboxylic acids is 1. The molecular formula is C18H29N3O. The van der Waals surface area contributed by atoms with Crippen molar-refractivity contribution in [2.75, 3.05) is 32.7 Å². The zero-order chi connectivity index (χ0) is 15.9. The van der Waals surface area contributed by atoms with Gasteiger partial charge < -0.3 is 10.2 Å². The standard InChI is InChI=1S/C18H29N3O/c1-4-20(15(2)3)14-16-6-8-17(9-7-16)18(22)21-12-5-10-19-11-13-21/h6-9,15,19H,4-5,10-14H2,1-3H3. The van der Waals surface area contributed by atoms with Crippen LogP contribution >= 0.6 is 0 Å². The Balaban J connectivity index is 2.00. The maximum Gasteiger partial charge on any atom is 0.253 e. The lowest BCUT2D eigenvalue weighted by atomic mass is 10.1. The summed E-state index contributed by atoms with van der Waals surface area (Å²) >= 11 is 0. The number of benzene rings is 1. The molecule has 0 atom stereocenters. The summed E-state index contributed by atoms with van der Waals surface area (Å²) in [5.74, 6) is 0.159. The molecule has 1 fully saturated rings. The van der Waals surface area contributed by atoms with E-state index in [9.17, 15) is 4.79 Å². The third kappa shape index (κ3) is 4.55. The Kier molecular flexibility index (Phi) is 6.40. The van der Waals surface area contributed by atoms with Crippen molar-refractivity contribution in [3.8, 4) is 0 Å². The van der Waals surface area contributed by atoms with Gasteiger partial charge in [0.15, 0.2) is 0 Å². The van der Waals surface area contributed by atoms with Crippen LogP contribution in [0.5, 0.6) is 0 Å². The summed E-state index contributed by atoms with van der Waals surface area (Å²) in [6.07, 6.45) is 1.03. The van der Waals surface area contributed by atoms with E-state index in [0.717, 1.165) is 51.3 Å². The number of nitrogens with zero attached hydrogens (tertiary/aromatic N) is 2. The molecule has 4 nitrogen and oxygen atoms in total. The number of amides is 1. The fourth-order valence-electron chi connectivity index (χ4n) is 2.88. The van der Waals surface area contributed by atoms with Gasteiger partial charge >= 0.3 is 0 Å². The van der Waals surface area contributed by atoms with Crippen LogP contribution < -0.4 is 5.32 Å². The van der Waals surface area contributed by atoms with Crippen LogP contribution in [0.15, 0.2) is 24.3 Å². The molecule has 4 heteroatoms. The summed E-state index contributed by atoms with van der Waals surface area (Å²) in [4.78, 5) is 16.9. The fourth-order valence-corrected chi connectivity index (χ4v) is 2.88. The minimum absolute atomic E-state index is 0.159. The molecule has 0 bridgehead atoms. The van der Waals surface area contributed by atoms with Crippen molar-refractivity contribution in [1.29, 1.82) is 0 Å². The highest BCUT2D eigenvalue weighted by Crippen LogP contribution is 2.12. The molecule has 0 saturated carbocycles. The molecule has 22 heavy (non-hydrogen) atoms. The lowest BCUT2D eigenvalue weighted by molar-refractivity contribution is 0.0766. The first-order valence-corrected chi connectivity index (χ1v) is 8.44. The molecule has 0 spiro atoms. The second-order valence-electron chi connectivity index (χ2n) is 6.25. The molecule has 1 aliphatic heterocycles. The van der Waals surface area contributed by atoms with Crippen molar-refractivity contribution >= 4 is 5.91 Å². The Morgan fingerprint density at radius 1 is 1.23 bits per heavy atom. The summed E-state index contributed by atoms with van der Waals surface area (Å²) < 4.78 is 0. The summed E-state index contributed by atoms with van der Waals surface area (Å²) in [7, 11) is 0. The van der Waals surface area contributed by atoms with Crippen LogP contribution in [0.1, 0.15) is 43.1 Å². The minimum atomic E-state index is 0.159. The molecule has 1 aliphatic rings. The van der Waals surface area contributed by atoms with E-state index in [2.05, 4.69) is 43.1 Å². The first-order valence-electron chi connectivity index (χ1n) is 8.44. The molecular weight excluding hydrogens is 274 g/mol. The highest BCUT2D eigenvalue weighted by Gasteiger charge is 2.17. The zero-order valence-corrected chi connectivity index (χ0v) is 14.1. The van der Waals surface area contributed by atoms with Crippen LogP contribution in [-0.2, 0) is 6.54 Å². The maximum atomic E-state index is 12.5. The number of nitrogens with one attached hydrogen (secondary N) is 1. The third-order valence-corrected chi connectivity index (χ3v) is 4.35. The van der Waals surface area contributed by atoms with Gasteiger partial charge in [0.25, 0.3) is 5.91 Å². The molecule has 1 amide bonds. The number of hydrogen-bond donors (Lipinski definition) is 1. The normalized spacial score (nSPS) is 16.1. The first kappa shape index (κ1) is 17.0. The van der Waals surface area contributed by atoms with E-state index in [1.54, 1.807) is 0 Å². The average molecular weight is 303 g/mol. The van der Waals surface area contributed by atoms with E-state index < -0.39 is 0 Å². The lowest BCUT2D eigenvalue weighted by Gasteiger charge is -2.25. The van der Waals surface area contributed by atoms with Crippen molar-refractivity contribution in [3.05, 3.63) is 35.4 Å². The van der Waals surface area contributed by atoms with Gasteiger partial charge in [0.2, 0.25) is 0 Å². The van der Waals surface area contributed by atoms with Gasteiger partial charge in [0.1, 0.15) is 0 Å². The van der Waals surface area contributed by atoms with Gasteiger partial charge in [-0.2, -0.15) is 0 Å². The van der Waals surface area contributed by atoms with Crippen molar-refractivity contribution in [2.45, 2.75) is 39.8 Å². The molecule has 0 aliphatic carbocycles. The van der Waals surface area contributed by atoms with Crippen LogP contribution in [0.4, 0.5) is 0 Å².